The largest absolute Gasteiger partial charge is 0.435 e. The molecule has 1 atom stereocenters. The van der Waals surface area contributed by atoms with Crippen molar-refractivity contribution < 1.29 is 13.5 Å². The molecule has 0 aliphatic heterocycles. The Kier molecular flexibility index (Phi) is 4.22. The van der Waals surface area contributed by atoms with Crippen molar-refractivity contribution in [3.05, 3.63) is 46.4 Å². The quantitative estimate of drug-likeness (QED) is 0.908. The molecule has 1 aromatic carbocycles. The average molecular weight is 270 g/mol. The van der Waals surface area contributed by atoms with E-state index in [0.29, 0.717) is 6.42 Å². The van der Waals surface area contributed by atoms with Gasteiger partial charge in [0.2, 0.25) is 0 Å². The minimum Gasteiger partial charge on any atom is -0.435 e. The fourth-order valence-electron chi connectivity index (χ4n) is 1.56. The fourth-order valence-corrected chi connectivity index (χ4v) is 2.23. The number of rotatable bonds is 5. The van der Waals surface area contributed by atoms with Crippen LogP contribution in [-0.2, 0) is 6.42 Å². The van der Waals surface area contributed by atoms with Gasteiger partial charge in [-0.05, 0) is 17.7 Å². The summed E-state index contributed by atoms with van der Waals surface area (Å²) in [5, 5.41) is 2.84. The van der Waals surface area contributed by atoms with Gasteiger partial charge in [0.25, 0.3) is 0 Å². The number of thiazole rings is 1. The summed E-state index contributed by atoms with van der Waals surface area (Å²) in [6.07, 6.45) is 2.36. The normalized spacial score (nSPS) is 12.7. The first-order valence-corrected chi connectivity index (χ1v) is 6.22. The monoisotopic (exact) mass is 270 g/mol. The standard InChI is InChI=1S/C12H12F2N2OS/c13-12(14)17-9-3-1-8(2-4-9)10(15)7-11-16-5-6-18-11/h1-6,10,12H,7,15H2. The number of hydrogen-bond acceptors (Lipinski definition) is 4. The average Bonchev–Trinajstić information content (AvgIpc) is 2.82. The van der Waals surface area contributed by atoms with Crippen LogP contribution in [0.15, 0.2) is 35.8 Å². The third kappa shape index (κ3) is 3.48. The molecule has 2 N–H and O–H groups in total. The summed E-state index contributed by atoms with van der Waals surface area (Å²) in [4.78, 5) is 4.15. The number of hydrogen-bond donors (Lipinski definition) is 1. The van der Waals surface area contributed by atoms with Crippen molar-refractivity contribution >= 4 is 11.3 Å². The van der Waals surface area contributed by atoms with Gasteiger partial charge in [-0.3, -0.25) is 0 Å². The minimum absolute atomic E-state index is 0.134. The highest BCUT2D eigenvalue weighted by atomic mass is 32.1. The summed E-state index contributed by atoms with van der Waals surface area (Å²) in [7, 11) is 0. The van der Waals surface area contributed by atoms with Crippen LogP contribution < -0.4 is 10.5 Å². The number of ether oxygens (including phenoxy) is 1. The van der Waals surface area contributed by atoms with Gasteiger partial charge in [-0.25, -0.2) is 4.98 Å². The molecule has 0 aliphatic carbocycles. The van der Waals surface area contributed by atoms with Crippen LogP contribution in [-0.4, -0.2) is 11.6 Å². The third-order valence-corrected chi connectivity index (χ3v) is 3.21. The second-order valence-corrected chi connectivity index (χ2v) is 4.66. The topological polar surface area (TPSA) is 48.1 Å². The first kappa shape index (κ1) is 12.9. The van der Waals surface area contributed by atoms with Crippen LogP contribution in [0.1, 0.15) is 16.6 Å². The maximum Gasteiger partial charge on any atom is 0.387 e. The SMILES string of the molecule is NC(Cc1nccs1)c1ccc(OC(F)F)cc1. The summed E-state index contributed by atoms with van der Waals surface area (Å²) < 4.78 is 28.2. The van der Waals surface area contributed by atoms with Gasteiger partial charge in [0.15, 0.2) is 0 Å². The predicted octanol–water partition coefficient (Wildman–Crippen LogP) is 2.99. The zero-order valence-electron chi connectivity index (χ0n) is 9.42. The first-order chi connectivity index (χ1) is 8.65. The van der Waals surface area contributed by atoms with Crippen molar-refractivity contribution in [1.82, 2.24) is 4.98 Å². The molecule has 0 amide bonds. The van der Waals surface area contributed by atoms with Crippen molar-refractivity contribution in [2.75, 3.05) is 0 Å². The maximum atomic E-state index is 12.0. The van der Waals surface area contributed by atoms with Gasteiger partial charge in [0.05, 0.1) is 5.01 Å². The molecule has 18 heavy (non-hydrogen) atoms. The van der Waals surface area contributed by atoms with Crippen molar-refractivity contribution in [2.45, 2.75) is 19.1 Å². The summed E-state index contributed by atoms with van der Waals surface area (Å²) >= 11 is 1.54. The lowest BCUT2D eigenvalue weighted by molar-refractivity contribution is -0.0498. The van der Waals surface area contributed by atoms with Gasteiger partial charge in [-0.1, -0.05) is 12.1 Å². The van der Waals surface area contributed by atoms with E-state index in [-0.39, 0.29) is 11.8 Å². The summed E-state index contributed by atoms with van der Waals surface area (Å²) in [6, 6.07) is 6.16. The Hall–Kier alpha value is -1.53. The summed E-state index contributed by atoms with van der Waals surface area (Å²) in [5.41, 5.74) is 6.88. The minimum atomic E-state index is -2.81. The van der Waals surface area contributed by atoms with Crippen LogP contribution in [0.2, 0.25) is 0 Å². The lowest BCUT2D eigenvalue weighted by Crippen LogP contribution is -2.13. The van der Waals surface area contributed by atoms with Crippen LogP contribution in [0, 0.1) is 0 Å². The van der Waals surface area contributed by atoms with E-state index in [4.69, 9.17) is 5.73 Å². The molecule has 0 saturated heterocycles. The first-order valence-electron chi connectivity index (χ1n) is 5.34. The van der Waals surface area contributed by atoms with E-state index in [1.54, 1.807) is 29.7 Å². The lowest BCUT2D eigenvalue weighted by atomic mass is 10.1. The van der Waals surface area contributed by atoms with Crippen LogP contribution in [0.25, 0.3) is 0 Å². The molecule has 0 aliphatic rings. The Bertz CT molecular complexity index is 473. The number of nitrogens with zero attached hydrogens (tertiary/aromatic N) is 1. The fraction of sp³-hybridized carbons (Fsp3) is 0.250. The molecular weight excluding hydrogens is 258 g/mol. The van der Waals surface area contributed by atoms with Gasteiger partial charge in [-0.2, -0.15) is 8.78 Å². The summed E-state index contributed by atoms with van der Waals surface area (Å²) in [6.45, 7) is -2.81. The second kappa shape index (κ2) is 5.88. The number of aromatic nitrogens is 1. The lowest BCUT2D eigenvalue weighted by Gasteiger charge is -2.11. The van der Waals surface area contributed by atoms with Gasteiger partial charge in [0.1, 0.15) is 5.75 Å². The molecule has 1 unspecified atom stereocenters. The Morgan fingerprint density at radius 1 is 1.28 bits per heavy atom. The number of benzene rings is 1. The Morgan fingerprint density at radius 2 is 2.00 bits per heavy atom. The molecule has 6 heteroatoms. The Labute approximate surface area is 107 Å². The highest BCUT2D eigenvalue weighted by molar-refractivity contribution is 7.09. The second-order valence-electron chi connectivity index (χ2n) is 3.68. The van der Waals surface area contributed by atoms with Gasteiger partial charge < -0.3 is 10.5 Å². The molecule has 2 rings (SSSR count). The molecule has 0 radical (unpaired) electrons. The predicted molar refractivity (Wildman–Crippen MR) is 65.8 cm³/mol. The summed E-state index contributed by atoms with van der Waals surface area (Å²) in [5.74, 6) is 0.134. The molecule has 2 aromatic rings. The van der Waals surface area contributed by atoms with Crippen LogP contribution >= 0.6 is 11.3 Å². The molecule has 0 fully saturated rings. The van der Waals surface area contributed by atoms with E-state index >= 15 is 0 Å². The van der Waals surface area contributed by atoms with Gasteiger partial charge >= 0.3 is 6.61 Å². The molecule has 1 aromatic heterocycles. The number of nitrogens with two attached hydrogens (primary N) is 1. The van der Waals surface area contributed by atoms with E-state index in [9.17, 15) is 8.78 Å². The highest BCUT2D eigenvalue weighted by Crippen LogP contribution is 2.21. The van der Waals surface area contributed by atoms with Crippen LogP contribution in [0.5, 0.6) is 5.75 Å². The van der Waals surface area contributed by atoms with Crippen LogP contribution in [0.4, 0.5) is 8.78 Å². The Morgan fingerprint density at radius 3 is 2.56 bits per heavy atom. The smallest absolute Gasteiger partial charge is 0.387 e. The van der Waals surface area contributed by atoms with E-state index in [2.05, 4.69) is 9.72 Å². The zero-order chi connectivity index (χ0) is 13.0. The van der Waals surface area contributed by atoms with E-state index in [1.807, 2.05) is 5.38 Å². The molecule has 3 nitrogen and oxygen atoms in total. The van der Waals surface area contributed by atoms with Crippen molar-refractivity contribution in [2.24, 2.45) is 5.73 Å². The number of alkyl halides is 2. The molecule has 0 spiro atoms. The van der Waals surface area contributed by atoms with Crippen molar-refractivity contribution in [1.29, 1.82) is 0 Å². The molecule has 96 valence electrons. The highest BCUT2D eigenvalue weighted by Gasteiger charge is 2.10. The Balaban J connectivity index is 2.00. The molecule has 0 saturated carbocycles. The van der Waals surface area contributed by atoms with E-state index < -0.39 is 6.61 Å². The molecule has 1 heterocycles. The van der Waals surface area contributed by atoms with Gasteiger partial charge in [-0.15, -0.1) is 11.3 Å². The maximum absolute atomic E-state index is 12.0. The zero-order valence-corrected chi connectivity index (χ0v) is 10.2. The number of halogens is 2. The van der Waals surface area contributed by atoms with E-state index in [1.165, 1.54) is 12.1 Å². The van der Waals surface area contributed by atoms with Gasteiger partial charge in [0, 0.05) is 24.0 Å². The third-order valence-electron chi connectivity index (χ3n) is 2.41. The molecule has 0 bridgehead atoms. The van der Waals surface area contributed by atoms with Crippen molar-refractivity contribution in [3.8, 4) is 5.75 Å². The van der Waals surface area contributed by atoms with Crippen LogP contribution in [0.3, 0.4) is 0 Å². The van der Waals surface area contributed by atoms with E-state index in [0.717, 1.165) is 10.6 Å². The molecular formula is C12H12F2N2OS. The van der Waals surface area contributed by atoms with Crippen molar-refractivity contribution in [3.63, 3.8) is 0 Å².